The molecule has 0 aromatic carbocycles. The van der Waals surface area contributed by atoms with Crippen molar-refractivity contribution in [2.45, 2.75) is 63.1 Å². The van der Waals surface area contributed by atoms with Crippen LogP contribution in [0.4, 0.5) is 0 Å². The van der Waals surface area contributed by atoms with Crippen molar-refractivity contribution in [2.75, 3.05) is 0 Å². The highest BCUT2D eigenvalue weighted by atomic mass is 33.1. The Morgan fingerprint density at radius 3 is 1.17 bits per heavy atom. The fraction of sp³-hybridized carbons (Fsp3) is 0.714. The molecule has 0 heterocycles. The lowest BCUT2D eigenvalue weighted by Crippen LogP contribution is -2.53. The summed E-state index contributed by atoms with van der Waals surface area (Å²) < 4.78 is -1.84. The molecule has 0 rings (SSSR count). The Bertz CT molecular complexity index is 475. The van der Waals surface area contributed by atoms with Crippen molar-refractivity contribution in [3.05, 3.63) is 0 Å². The van der Waals surface area contributed by atoms with Crippen LogP contribution in [0.25, 0.3) is 0 Å². The smallest absolute Gasteiger partial charge is 0.327 e. The van der Waals surface area contributed by atoms with E-state index in [2.05, 4.69) is 10.6 Å². The van der Waals surface area contributed by atoms with Gasteiger partial charge in [-0.15, -0.1) is 0 Å². The second kappa shape index (κ2) is 8.61. The van der Waals surface area contributed by atoms with E-state index in [0.717, 1.165) is 21.6 Å². The number of amides is 2. The SMILES string of the molecule is CC(=O)NC(C(=O)O)C(C)(C)SSC(C)(C)C(NC(C)=O)C(=O)O. The summed E-state index contributed by atoms with van der Waals surface area (Å²) in [4.78, 5) is 45.2. The summed E-state index contributed by atoms with van der Waals surface area (Å²) in [5.74, 6) is -3.31. The van der Waals surface area contributed by atoms with Crippen LogP contribution in [-0.4, -0.2) is 55.5 Å². The van der Waals surface area contributed by atoms with Crippen molar-refractivity contribution in [2.24, 2.45) is 0 Å². The van der Waals surface area contributed by atoms with Gasteiger partial charge in [0.2, 0.25) is 11.8 Å². The molecule has 0 aromatic heterocycles. The van der Waals surface area contributed by atoms with Crippen molar-refractivity contribution < 1.29 is 29.4 Å². The van der Waals surface area contributed by atoms with Crippen LogP contribution in [0.5, 0.6) is 0 Å². The summed E-state index contributed by atoms with van der Waals surface area (Å²) in [5.41, 5.74) is 0. The molecule has 24 heavy (non-hydrogen) atoms. The van der Waals surface area contributed by atoms with Crippen molar-refractivity contribution in [1.82, 2.24) is 10.6 Å². The predicted octanol–water partition coefficient (Wildman–Crippen LogP) is 1.10. The molecule has 2 atom stereocenters. The Morgan fingerprint density at radius 2 is 1.00 bits per heavy atom. The van der Waals surface area contributed by atoms with Crippen LogP contribution in [0.15, 0.2) is 0 Å². The van der Waals surface area contributed by atoms with Crippen molar-refractivity contribution in [1.29, 1.82) is 0 Å². The minimum Gasteiger partial charge on any atom is -0.480 e. The van der Waals surface area contributed by atoms with Gasteiger partial charge in [-0.25, -0.2) is 9.59 Å². The van der Waals surface area contributed by atoms with E-state index < -0.39 is 45.3 Å². The maximum Gasteiger partial charge on any atom is 0.327 e. The number of hydrogen-bond acceptors (Lipinski definition) is 6. The zero-order valence-corrected chi connectivity index (χ0v) is 16.1. The Kier molecular flexibility index (Phi) is 8.10. The van der Waals surface area contributed by atoms with Gasteiger partial charge in [-0.2, -0.15) is 0 Å². The van der Waals surface area contributed by atoms with Crippen molar-refractivity contribution in [3.63, 3.8) is 0 Å². The Morgan fingerprint density at radius 1 is 0.750 bits per heavy atom. The fourth-order valence-electron chi connectivity index (χ4n) is 1.78. The summed E-state index contributed by atoms with van der Waals surface area (Å²) in [7, 11) is 2.29. The minimum atomic E-state index is -1.18. The summed E-state index contributed by atoms with van der Waals surface area (Å²) in [6.45, 7) is 9.02. The minimum absolute atomic E-state index is 0.470. The molecule has 138 valence electrons. The number of carboxylic acid groups (broad SMARTS) is 2. The van der Waals surface area contributed by atoms with Crippen LogP contribution in [0.1, 0.15) is 41.5 Å². The quantitative estimate of drug-likeness (QED) is 0.437. The van der Waals surface area contributed by atoms with E-state index in [0.29, 0.717) is 0 Å². The fourth-order valence-corrected chi connectivity index (χ4v) is 4.59. The predicted molar refractivity (Wildman–Crippen MR) is 93.8 cm³/mol. The molecule has 0 radical (unpaired) electrons. The summed E-state index contributed by atoms with van der Waals surface area (Å²) in [6.07, 6.45) is 0. The molecule has 2 amide bonds. The van der Waals surface area contributed by atoms with Gasteiger partial charge in [-0.3, -0.25) is 9.59 Å². The highest BCUT2D eigenvalue weighted by Gasteiger charge is 2.42. The van der Waals surface area contributed by atoms with Gasteiger partial charge in [0.15, 0.2) is 0 Å². The van der Waals surface area contributed by atoms with E-state index in [1.54, 1.807) is 27.7 Å². The third-order valence-electron chi connectivity index (χ3n) is 3.05. The number of rotatable bonds is 9. The summed E-state index contributed by atoms with van der Waals surface area (Å²) in [6, 6.07) is -2.29. The van der Waals surface area contributed by atoms with Crippen LogP contribution >= 0.6 is 21.6 Å². The molecular formula is C14H24N2O6S2. The van der Waals surface area contributed by atoms with Gasteiger partial charge in [0.25, 0.3) is 0 Å². The van der Waals surface area contributed by atoms with E-state index in [1.165, 1.54) is 13.8 Å². The van der Waals surface area contributed by atoms with Crippen LogP contribution in [0, 0.1) is 0 Å². The normalized spacial score (nSPS) is 14.4. The van der Waals surface area contributed by atoms with Crippen LogP contribution < -0.4 is 10.6 Å². The lowest BCUT2D eigenvalue weighted by molar-refractivity contribution is -0.142. The maximum atomic E-state index is 11.4. The Balaban J connectivity index is 5.22. The first-order valence-corrected chi connectivity index (χ1v) is 9.22. The molecule has 8 nitrogen and oxygen atoms in total. The van der Waals surface area contributed by atoms with Crippen LogP contribution in [0.3, 0.4) is 0 Å². The number of carbonyl (C=O) groups excluding carboxylic acids is 2. The van der Waals surface area contributed by atoms with Gasteiger partial charge < -0.3 is 20.8 Å². The highest BCUT2D eigenvalue weighted by Crippen LogP contribution is 2.46. The number of carboxylic acids is 2. The van der Waals surface area contributed by atoms with Gasteiger partial charge >= 0.3 is 11.9 Å². The molecule has 4 N–H and O–H groups in total. The Labute approximate surface area is 148 Å². The molecule has 0 bridgehead atoms. The Hall–Kier alpha value is -1.42. The number of carbonyl (C=O) groups is 4. The number of hydrogen-bond donors (Lipinski definition) is 4. The van der Waals surface area contributed by atoms with Gasteiger partial charge in [0.05, 0.1) is 9.49 Å². The second-order valence-corrected chi connectivity index (χ2v) is 9.75. The molecule has 0 aliphatic carbocycles. The first-order valence-electron chi connectivity index (χ1n) is 7.07. The third-order valence-corrected chi connectivity index (χ3v) is 7.29. The topological polar surface area (TPSA) is 133 Å². The molecule has 2 unspecified atom stereocenters. The van der Waals surface area contributed by atoms with Crippen molar-refractivity contribution in [3.8, 4) is 0 Å². The lowest BCUT2D eigenvalue weighted by atomic mass is 10.0. The van der Waals surface area contributed by atoms with E-state index >= 15 is 0 Å². The summed E-state index contributed by atoms with van der Waals surface area (Å²) >= 11 is 0. The first-order chi connectivity index (χ1) is 10.7. The molecule has 0 saturated carbocycles. The zero-order chi connectivity index (χ0) is 19.3. The monoisotopic (exact) mass is 380 g/mol. The molecule has 0 fully saturated rings. The summed E-state index contributed by atoms with van der Waals surface area (Å²) in [5, 5.41) is 23.4. The van der Waals surface area contributed by atoms with Gasteiger partial charge in [-0.1, -0.05) is 21.6 Å². The van der Waals surface area contributed by atoms with Gasteiger partial charge in [0.1, 0.15) is 12.1 Å². The molecule has 10 heteroatoms. The number of aliphatic carboxylic acids is 2. The standard InChI is InChI=1S/C14H24N2O6S2/c1-7(17)15-9(11(19)20)13(3,4)23-24-14(5,6)10(12(21)22)16-8(2)18/h9-10H,1-6H3,(H,15,17)(H,16,18)(H,19,20)(H,21,22). The molecule has 0 saturated heterocycles. The van der Waals surface area contributed by atoms with E-state index in [1.807, 2.05) is 0 Å². The molecule has 0 aliphatic heterocycles. The lowest BCUT2D eigenvalue weighted by Gasteiger charge is -2.36. The molecule has 0 aliphatic rings. The van der Waals surface area contributed by atoms with Crippen molar-refractivity contribution >= 4 is 45.3 Å². The molecule has 0 aromatic rings. The van der Waals surface area contributed by atoms with Crippen LogP contribution in [0.2, 0.25) is 0 Å². The zero-order valence-electron chi connectivity index (χ0n) is 14.5. The molecule has 0 spiro atoms. The van der Waals surface area contributed by atoms with E-state index in [9.17, 15) is 29.4 Å². The number of nitrogens with one attached hydrogen (secondary N) is 2. The average molecular weight is 380 g/mol. The average Bonchev–Trinajstić information content (AvgIpc) is 2.39. The van der Waals surface area contributed by atoms with E-state index in [4.69, 9.17) is 0 Å². The van der Waals surface area contributed by atoms with Gasteiger partial charge in [-0.05, 0) is 27.7 Å². The highest BCUT2D eigenvalue weighted by molar-refractivity contribution is 8.77. The maximum absolute atomic E-state index is 11.4. The molecular weight excluding hydrogens is 356 g/mol. The van der Waals surface area contributed by atoms with Gasteiger partial charge in [0, 0.05) is 13.8 Å². The van der Waals surface area contributed by atoms with E-state index in [-0.39, 0.29) is 0 Å². The second-order valence-electron chi connectivity index (χ2n) is 6.32. The van der Waals surface area contributed by atoms with Crippen LogP contribution in [-0.2, 0) is 19.2 Å². The third kappa shape index (κ3) is 7.00. The largest absolute Gasteiger partial charge is 0.480 e. The first kappa shape index (κ1) is 22.6.